The van der Waals surface area contributed by atoms with Gasteiger partial charge in [-0.3, -0.25) is 0 Å². The average molecular weight is 327 g/mol. The first-order valence-electron chi connectivity index (χ1n) is 6.84. The number of para-hydroxylation sites is 1. The summed E-state index contributed by atoms with van der Waals surface area (Å²) >= 11 is 3.51. The van der Waals surface area contributed by atoms with Crippen molar-refractivity contribution in [3.63, 3.8) is 0 Å². The third kappa shape index (κ3) is 2.05. The molecule has 0 bridgehead atoms. The third-order valence-electron chi connectivity index (χ3n) is 4.69. The Morgan fingerprint density at radius 3 is 2.68 bits per heavy atom. The summed E-state index contributed by atoms with van der Waals surface area (Å²) in [5, 5.41) is 10.1. The van der Waals surface area contributed by atoms with Crippen LogP contribution < -0.4 is 9.47 Å². The van der Waals surface area contributed by atoms with Gasteiger partial charge in [-0.05, 0) is 40.9 Å². The molecule has 2 fully saturated rings. The van der Waals surface area contributed by atoms with E-state index in [2.05, 4.69) is 15.9 Å². The van der Waals surface area contributed by atoms with Crippen LogP contribution in [0.25, 0.3) is 0 Å². The van der Waals surface area contributed by atoms with Crippen molar-refractivity contribution in [2.75, 3.05) is 7.11 Å². The summed E-state index contributed by atoms with van der Waals surface area (Å²) in [6.07, 6.45) is 5.18. The lowest BCUT2D eigenvalue weighted by atomic mass is 9.62. The Hall–Kier alpha value is -0.740. The molecular weight excluding hydrogens is 308 g/mol. The Labute approximate surface area is 122 Å². The fraction of sp³-hybridized carbons (Fsp3) is 0.600. The Bertz CT molecular complexity index is 468. The molecule has 2 atom stereocenters. The lowest BCUT2D eigenvalue weighted by molar-refractivity contribution is -0.152. The summed E-state index contributed by atoms with van der Waals surface area (Å²) in [6, 6.07) is 5.78. The highest BCUT2D eigenvalue weighted by Crippen LogP contribution is 2.55. The number of methoxy groups -OCH3 is 1. The van der Waals surface area contributed by atoms with Crippen LogP contribution in [0, 0.1) is 5.41 Å². The second-order valence-corrected chi connectivity index (χ2v) is 6.42. The van der Waals surface area contributed by atoms with Gasteiger partial charge in [-0.1, -0.05) is 18.9 Å². The predicted molar refractivity (Wildman–Crippen MR) is 76.6 cm³/mol. The van der Waals surface area contributed by atoms with Gasteiger partial charge < -0.3 is 14.6 Å². The highest BCUT2D eigenvalue weighted by Gasteiger charge is 2.57. The molecule has 3 rings (SSSR count). The Morgan fingerprint density at radius 1 is 1.32 bits per heavy atom. The maximum atomic E-state index is 10.1. The van der Waals surface area contributed by atoms with Gasteiger partial charge in [0.1, 0.15) is 6.10 Å². The van der Waals surface area contributed by atoms with Gasteiger partial charge in [0, 0.05) is 11.8 Å². The van der Waals surface area contributed by atoms with Gasteiger partial charge in [0.25, 0.3) is 0 Å². The number of rotatable bonds is 3. The fourth-order valence-corrected chi connectivity index (χ4v) is 3.93. The summed E-state index contributed by atoms with van der Waals surface area (Å²) in [6.45, 7) is 0. The van der Waals surface area contributed by atoms with Gasteiger partial charge in [0.05, 0.1) is 17.7 Å². The van der Waals surface area contributed by atoms with Gasteiger partial charge >= 0.3 is 0 Å². The highest BCUT2D eigenvalue weighted by atomic mass is 79.9. The number of aliphatic hydroxyl groups is 1. The molecule has 2 aliphatic rings. The summed E-state index contributed by atoms with van der Waals surface area (Å²) in [4.78, 5) is 0. The van der Waals surface area contributed by atoms with E-state index in [1.165, 1.54) is 12.8 Å². The zero-order chi connectivity index (χ0) is 13.5. The third-order valence-corrected chi connectivity index (χ3v) is 5.31. The van der Waals surface area contributed by atoms with Crippen molar-refractivity contribution in [1.82, 2.24) is 0 Å². The van der Waals surface area contributed by atoms with E-state index in [-0.39, 0.29) is 17.6 Å². The van der Waals surface area contributed by atoms with E-state index in [1.807, 2.05) is 18.2 Å². The van der Waals surface area contributed by atoms with Crippen molar-refractivity contribution in [3.05, 3.63) is 22.7 Å². The van der Waals surface area contributed by atoms with Crippen LogP contribution in [0.2, 0.25) is 0 Å². The summed E-state index contributed by atoms with van der Waals surface area (Å²) in [5.41, 5.74) is -0.0136. The monoisotopic (exact) mass is 326 g/mol. The maximum Gasteiger partial charge on any atom is 0.175 e. The van der Waals surface area contributed by atoms with Gasteiger partial charge in [-0.25, -0.2) is 0 Å². The van der Waals surface area contributed by atoms with E-state index >= 15 is 0 Å². The molecule has 0 saturated heterocycles. The minimum Gasteiger partial charge on any atom is -0.493 e. The average Bonchev–Trinajstić information content (AvgIpc) is 2.92. The van der Waals surface area contributed by atoms with Crippen molar-refractivity contribution in [3.8, 4) is 11.5 Å². The number of hydrogen-bond donors (Lipinski definition) is 1. The Morgan fingerprint density at radius 2 is 2.05 bits per heavy atom. The minimum absolute atomic E-state index is 0.0136. The molecule has 1 aromatic rings. The van der Waals surface area contributed by atoms with Crippen molar-refractivity contribution in [1.29, 1.82) is 0 Å². The van der Waals surface area contributed by atoms with Crippen molar-refractivity contribution >= 4 is 15.9 Å². The molecule has 0 amide bonds. The molecule has 3 nitrogen and oxygen atoms in total. The Kier molecular flexibility index (Phi) is 3.48. The second kappa shape index (κ2) is 4.98. The standard InChI is InChI=1S/C15H19BrO3/c1-18-11-6-4-5-10(16)14(11)19-13-9-12(17)15(13)7-2-3-8-15/h4-6,12-13,17H,2-3,7-9H2,1H3. The van der Waals surface area contributed by atoms with Gasteiger partial charge in [0.15, 0.2) is 11.5 Å². The van der Waals surface area contributed by atoms with Crippen molar-refractivity contribution in [2.45, 2.75) is 44.3 Å². The molecule has 1 aromatic carbocycles. The maximum absolute atomic E-state index is 10.1. The van der Waals surface area contributed by atoms with E-state index in [4.69, 9.17) is 9.47 Å². The zero-order valence-electron chi connectivity index (χ0n) is 11.1. The van der Waals surface area contributed by atoms with E-state index in [0.717, 1.165) is 35.2 Å². The first-order valence-corrected chi connectivity index (χ1v) is 7.64. The number of ether oxygens (including phenoxy) is 2. The van der Waals surface area contributed by atoms with Crippen LogP contribution in [-0.2, 0) is 0 Å². The molecule has 0 heterocycles. The summed E-state index contributed by atoms with van der Waals surface area (Å²) in [7, 11) is 1.65. The number of aliphatic hydroxyl groups excluding tert-OH is 1. The topological polar surface area (TPSA) is 38.7 Å². The molecule has 2 saturated carbocycles. The van der Waals surface area contributed by atoms with Crippen molar-refractivity contribution < 1.29 is 14.6 Å². The molecule has 104 valence electrons. The van der Waals surface area contributed by atoms with Crippen molar-refractivity contribution in [2.24, 2.45) is 5.41 Å². The normalized spacial score (nSPS) is 28.2. The molecule has 2 unspecified atom stereocenters. The van der Waals surface area contributed by atoms with E-state index < -0.39 is 0 Å². The van der Waals surface area contributed by atoms with Crippen LogP contribution in [0.4, 0.5) is 0 Å². The number of halogens is 1. The molecule has 19 heavy (non-hydrogen) atoms. The lowest BCUT2D eigenvalue weighted by Gasteiger charge is -2.51. The molecule has 0 aromatic heterocycles. The molecule has 0 radical (unpaired) electrons. The Balaban J connectivity index is 1.83. The largest absolute Gasteiger partial charge is 0.493 e. The second-order valence-electron chi connectivity index (χ2n) is 5.57. The number of benzene rings is 1. The van der Waals surface area contributed by atoms with Crippen LogP contribution in [-0.4, -0.2) is 24.4 Å². The summed E-state index contributed by atoms with van der Waals surface area (Å²) in [5.74, 6) is 1.50. The van der Waals surface area contributed by atoms with E-state index in [1.54, 1.807) is 7.11 Å². The first kappa shape index (κ1) is 13.3. The fourth-order valence-electron chi connectivity index (χ4n) is 3.49. The molecule has 1 spiro atoms. The highest BCUT2D eigenvalue weighted by molar-refractivity contribution is 9.10. The smallest absolute Gasteiger partial charge is 0.175 e. The van der Waals surface area contributed by atoms with Gasteiger partial charge in [-0.2, -0.15) is 0 Å². The van der Waals surface area contributed by atoms with E-state index in [9.17, 15) is 5.11 Å². The first-order chi connectivity index (χ1) is 9.17. The van der Waals surface area contributed by atoms with E-state index in [0.29, 0.717) is 0 Å². The van der Waals surface area contributed by atoms with Crippen LogP contribution in [0.15, 0.2) is 22.7 Å². The van der Waals surface area contributed by atoms with Crippen LogP contribution >= 0.6 is 15.9 Å². The predicted octanol–water partition coefficient (Wildman–Crippen LogP) is 3.53. The zero-order valence-corrected chi connectivity index (χ0v) is 12.6. The molecule has 2 aliphatic carbocycles. The molecule has 1 N–H and O–H groups in total. The van der Waals surface area contributed by atoms with Crippen LogP contribution in [0.5, 0.6) is 11.5 Å². The number of hydrogen-bond acceptors (Lipinski definition) is 3. The minimum atomic E-state index is -0.200. The van der Waals surface area contributed by atoms with Crippen LogP contribution in [0.1, 0.15) is 32.1 Å². The van der Waals surface area contributed by atoms with Gasteiger partial charge in [0.2, 0.25) is 0 Å². The molecule has 4 heteroatoms. The quantitative estimate of drug-likeness (QED) is 0.923. The molecular formula is C15H19BrO3. The van der Waals surface area contributed by atoms with Gasteiger partial charge in [-0.15, -0.1) is 0 Å². The molecule has 0 aliphatic heterocycles. The van der Waals surface area contributed by atoms with Crippen LogP contribution in [0.3, 0.4) is 0 Å². The SMILES string of the molecule is COc1cccc(Br)c1OC1CC(O)C12CCCC2. The lowest BCUT2D eigenvalue weighted by Crippen LogP contribution is -2.58. The summed E-state index contributed by atoms with van der Waals surface area (Å²) < 4.78 is 12.4.